The average Bonchev–Trinajstić information content (AvgIpc) is 3.37. The van der Waals surface area contributed by atoms with Gasteiger partial charge >= 0.3 is 0 Å². The van der Waals surface area contributed by atoms with E-state index in [0.29, 0.717) is 38.8 Å². The number of nitrogens with zero attached hydrogens (tertiary/aromatic N) is 3. The number of hydrogen-bond donors (Lipinski definition) is 2. The van der Waals surface area contributed by atoms with E-state index < -0.39 is 16.1 Å². The summed E-state index contributed by atoms with van der Waals surface area (Å²) in [7, 11) is -3.93. The van der Waals surface area contributed by atoms with Crippen molar-refractivity contribution in [2.24, 2.45) is 5.14 Å². The van der Waals surface area contributed by atoms with Gasteiger partial charge in [-0.2, -0.15) is 0 Å². The van der Waals surface area contributed by atoms with E-state index in [4.69, 9.17) is 28.3 Å². The fourth-order valence-electron chi connectivity index (χ4n) is 4.23. The summed E-state index contributed by atoms with van der Waals surface area (Å²) in [5, 5.41) is 16.7. The molecule has 0 saturated carbocycles. The summed E-state index contributed by atoms with van der Waals surface area (Å²) in [4.78, 5) is 8.56. The molecule has 5 rings (SSSR count). The Morgan fingerprint density at radius 3 is 2.52 bits per heavy atom. The molecule has 1 aliphatic carbocycles. The number of aromatic nitrogens is 3. The highest BCUT2D eigenvalue weighted by Gasteiger charge is 2.24. The van der Waals surface area contributed by atoms with Crippen molar-refractivity contribution < 1.29 is 13.5 Å². The predicted molar refractivity (Wildman–Crippen MR) is 129 cm³/mol. The highest BCUT2D eigenvalue weighted by Crippen LogP contribution is 2.40. The van der Waals surface area contributed by atoms with Gasteiger partial charge in [0.2, 0.25) is 10.0 Å². The van der Waals surface area contributed by atoms with Crippen LogP contribution < -0.4 is 5.14 Å². The Bertz CT molecular complexity index is 1530. The summed E-state index contributed by atoms with van der Waals surface area (Å²) in [6.07, 6.45) is 7.04. The van der Waals surface area contributed by atoms with E-state index in [-0.39, 0.29) is 10.9 Å². The molecule has 2 aromatic carbocycles. The van der Waals surface area contributed by atoms with Crippen LogP contribution in [0.15, 0.2) is 72.0 Å². The van der Waals surface area contributed by atoms with Gasteiger partial charge in [0.1, 0.15) is 17.1 Å². The standard InChI is InChI=1S/C23H18Cl2N4O3S/c24-19-9-13(5-8-16(19)17-3-1-2-4-20(17)33(26,31)32)18-11-29(14-6-7-15(30)10-14)23-21(18)22(25)27-12-28-23/h1-9,11-12,14-15,30H,10H2,(H2,26,31,32). The van der Waals surface area contributed by atoms with Gasteiger partial charge in [-0.3, -0.25) is 0 Å². The molecule has 7 nitrogen and oxygen atoms in total. The van der Waals surface area contributed by atoms with Gasteiger partial charge in [-0.1, -0.05) is 65.7 Å². The molecular weight excluding hydrogens is 483 g/mol. The van der Waals surface area contributed by atoms with Crippen LogP contribution in [-0.4, -0.2) is 34.2 Å². The highest BCUT2D eigenvalue weighted by atomic mass is 35.5. The molecule has 168 valence electrons. The topological polar surface area (TPSA) is 111 Å². The second-order valence-corrected chi connectivity index (χ2v) is 10.1. The maximum Gasteiger partial charge on any atom is 0.238 e. The number of allylic oxidation sites excluding steroid dienone is 1. The molecule has 0 fully saturated rings. The van der Waals surface area contributed by atoms with Crippen LogP contribution in [0.2, 0.25) is 10.2 Å². The fourth-order valence-corrected chi connectivity index (χ4v) is 5.49. The molecule has 0 bridgehead atoms. The molecular formula is C23H18Cl2N4O3S. The van der Waals surface area contributed by atoms with Crippen molar-refractivity contribution in [2.45, 2.75) is 23.5 Å². The van der Waals surface area contributed by atoms with E-state index in [1.807, 2.05) is 22.9 Å². The van der Waals surface area contributed by atoms with Crippen molar-refractivity contribution in [3.8, 4) is 22.3 Å². The molecule has 2 aromatic heterocycles. The summed E-state index contributed by atoms with van der Waals surface area (Å²) in [6.45, 7) is 0. The maximum atomic E-state index is 12.0. The second-order valence-electron chi connectivity index (χ2n) is 7.80. The van der Waals surface area contributed by atoms with Crippen molar-refractivity contribution in [2.75, 3.05) is 0 Å². The largest absolute Gasteiger partial charge is 0.389 e. The van der Waals surface area contributed by atoms with Gasteiger partial charge in [-0.25, -0.2) is 23.5 Å². The number of nitrogens with two attached hydrogens (primary N) is 1. The zero-order valence-corrected chi connectivity index (χ0v) is 19.4. The SMILES string of the molecule is NS(=O)(=O)c1ccccc1-c1ccc(-c2cn(C3C=CC(O)C3)c3ncnc(Cl)c23)cc1Cl. The number of fused-ring (bicyclic) bond motifs is 1. The van der Waals surface area contributed by atoms with Crippen LogP contribution >= 0.6 is 23.2 Å². The third-order valence-corrected chi connectivity index (χ3v) is 7.29. The van der Waals surface area contributed by atoms with E-state index in [2.05, 4.69) is 9.97 Å². The minimum atomic E-state index is -3.93. The van der Waals surface area contributed by atoms with E-state index in [1.165, 1.54) is 12.4 Å². The van der Waals surface area contributed by atoms with Gasteiger partial charge in [0, 0.05) is 34.3 Å². The number of benzene rings is 2. The highest BCUT2D eigenvalue weighted by molar-refractivity contribution is 7.89. The lowest BCUT2D eigenvalue weighted by Crippen LogP contribution is -2.13. The summed E-state index contributed by atoms with van der Waals surface area (Å²) < 4.78 is 26.0. The van der Waals surface area contributed by atoms with Crippen LogP contribution in [-0.2, 0) is 10.0 Å². The Balaban J connectivity index is 1.66. The first-order valence-corrected chi connectivity index (χ1v) is 12.3. The van der Waals surface area contributed by atoms with Crippen LogP contribution in [0.5, 0.6) is 0 Å². The average molecular weight is 501 g/mol. The lowest BCUT2D eigenvalue weighted by Gasteiger charge is -2.12. The Hall–Kier alpha value is -2.75. The summed E-state index contributed by atoms with van der Waals surface area (Å²) >= 11 is 13.1. The third-order valence-electron chi connectivity index (χ3n) is 5.72. The van der Waals surface area contributed by atoms with E-state index in [0.717, 1.165) is 11.1 Å². The molecule has 0 amide bonds. The predicted octanol–water partition coefficient (Wildman–Crippen LogP) is 4.58. The molecule has 3 N–H and O–H groups in total. The Labute approximate surface area is 200 Å². The smallest absolute Gasteiger partial charge is 0.238 e. The quantitative estimate of drug-likeness (QED) is 0.314. The van der Waals surface area contributed by atoms with Crippen LogP contribution in [0.1, 0.15) is 12.5 Å². The molecule has 33 heavy (non-hydrogen) atoms. The van der Waals surface area contributed by atoms with E-state index in [1.54, 1.807) is 36.4 Å². The number of aliphatic hydroxyl groups is 1. The molecule has 10 heteroatoms. The summed E-state index contributed by atoms with van der Waals surface area (Å²) in [5.74, 6) is 0. The van der Waals surface area contributed by atoms with Crippen molar-refractivity contribution in [1.29, 1.82) is 0 Å². The molecule has 0 aliphatic heterocycles. The molecule has 0 saturated heterocycles. The molecule has 0 radical (unpaired) electrons. The molecule has 2 heterocycles. The number of rotatable bonds is 4. The zero-order chi connectivity index (χ0) is 23.3. The minimum Gasteiger partial charge on any atom is -0.389 e. The Kier molecular flexibility index (Phi) is 5.50. The first kappa shape index (κ1) is 22.1. The third kappa shape index (κ3) is 3.94. The van der Waals surface area contributed by atoms with Crippen LogP contribution in [0.3, 0.4) is 0 Å². The molecule has 2 atom stereocenters. The van der Waals surface area contributed by atoms with Crippen molar-refractivity contribution in [3.63, 3.8) is 0 Å². The zero-order valence-electron chi connectivity index (χ0n) is 17.1. The number of hydrogen-bond acceptors (Lipinski definition) is 5. The minimum absolute atomic E-state index is 0.000671. The monoisotopic (exact) mass is 500 g/mol. The van der Waals surface area contributed by atoms with Gasteiger partial charge in [0.25, 0.3) is 0 Å². The lowest BCUT2D eigenvalue weighted by atomic mass is 10.0. The maximum absolute atomic E-state index is 12.0. The van der Waals surface area contributed by atoms with Gasteiger partial charge in [0.15, 0.2) is 0 Å². The first-order valence-electron chi connectivity index (χ1n) is 10.0. The molecule has 0 spiro atoms. The number of sulfonamides is 1. The lowest BCUT2D eigenvalue weighted by molar-refractivity contribution is 0.211. The Morgan fingerprint density at radius 1 is 1.03 bits per heavy atom. The fraction of sp³-hybridized carbons (Fsp3) is 0.130. The summed E-state index contributed by atoms with van der Waals surface area (Å²) in [5.41, 5.74) is 3.15. The van der Waals surface area contributed by atoms with E-state index in [9.17, 15) is 13.5 Å². The second kappa shape index (κ2) is 8.23. The first-order chi connectivity index (χ1) is 15.7. The number of halogens is 2. The van der Waals surface area contributed by atoms with Crippen molar-refractivity contribution >= 4 is 44.3 Å². The molecule has 4 aromatic rings. The number of primary sulfonamides is 1. The van der Waals surface area contributed by atoms with Gasteiger partial charge in [-0.05, 0) is 17.7 Å². The molecule has 1 aliphatic rings. The van der Waals surface area contributed by atoms with Crippen LogP contribution in [0.25, 0.3) is 33.3 Å². The van der Waals surface area contributed by atoms with Gasteiger partial charge < -0.3 is 9.67 Å². The summed E-state index contributed by atoms with van der Waals surface area (Å²) in [6, 6.07) is 11.7. The van der Waals surface area contributed by atoms with Crippen LogP contribution in [0, 0.1) is 0 Å². The van der Waals surface area contributed by atoms with Crippen molar-refractivity contribution in [3.05, 3.63) is 77.3 Å². The van der Waals surface area contributed by atoms with Gasteiger partial charge in [0.05, 0.1) is 22.4 Å². The van der Waals surface area contributed by atoms with E-state index >= 15 is 0 Å². The normalized spacial score (nSPS) is 18.3. The molecule has 2 unspecified atom stereocenters. The van der Waals surface area contributed by atoms with Crippen molar-refractivity contribution in [1.82, 2.24) is 14.5 Å². The van der Waals surface area contributed by atoms with Crippen LogP contribution in [0.4, 0.5) is 0 Å². The Morgan fingerprint density at radius 2 is 1.82 bits per heavy atom. The number of aliphatic hydroxyl groups excluding tert-OH is 1. The van der Waals surface area contributed by atoms with Gasteiger partial charge in [-0.15, -0.1) is 0 Å².